The van der Waals surface area contributed by atoms with Gasteiger partial charge in [0, 0.05) is 6.54 Å². The van der Waals surface area contributed by atoms with Crippen LogP contribution in [0.15, 0.2) is 18.2 Å². The number of esters is 1. The Kier molecular flexibility index (Phi) is 5.66. The number of rotatable bonds is 5. The summed E-state index contributed by atoms with van der Waals surface area (Å²) >= 11 is 0. The van der Waals surface area contributed by atoms with E-state index in [1.807, 2.05) is 0 Å². The first-order valence-corrected chi connectivity index (χ1v) is 7.73. The summed E-state index contributed by atoms with van der Waals surface area (Å²) in [4.78, 5) is 25.0. The second-order valence-electron chi connectivity index (χ2n) is 5.77. The maximum Gasteiger partial charge on any atom is 0.315 e. The lowest BCUT2D eigenvalue weighted by Gasteiger charge is -2.39. The van der Waals surface area contributed by atoms with Crippen LogP contribution in [0.2, 0.25) is 0 Å². The number of piperidine rings is 1. The van der Waals surface area contributed by atoms with Crippen molar-refractivity contribution in [2.24, 2.45) is 0 Å². The van der Waals surface area contributed by atoms with Gasteiger partial charge in [-0.25, -0.2) is 0 Å². The molecule has 7 heteroatoms. The third-order valence-electron chi connectivity index (χ3n) is 4.27. The number of aliphatic hydroxyl groups is 1. The molecule has 1 unspecified atom stereocenters. The zero-order chi connectivity index (χ0) is 17.7. The number of carbonyl (C=O) groups excluding carboxylic acids is 2. The highest BCUT2D eigenvalue weighted by Gasteiger charge is 2.37. The number of β-amino-alcohol motifs (C(OH)–C–C–N with tert-alkyl or cyclic N) is 1. The molecule has 132 valence electrons. The summed E-state index contributed by atoms with van der Waals surface area (Å²) in [6, 6.07) is 5.20. The first-order valence-electron chi connectivity index (χ1n) is 7.73. The maximum absolute atomic E-state index is 12.2. The number of hydrogen-bond acceptors (Lipinski definition) is 6. The van der Waals surface area contributed by atoms with Gasteiger partial charge < -0.3 is 24.2 Å². The molecule has 1 atom stereocenters. The Morgan fingerprint density at radius 1 is 1.21 bits per heavy atom. The van der Waals surface area contributed by atoms with Gasteiger partial charge in [0.1, 0.15) is 12.0 Å². The van der Waals surface area contributed by atoms with Crippen molar-refractivity contribution in [2.75, 3.05) is 34.4 Å². The highest BCUT2D eigenvalue weighted by atomic mass is 16.5. The summed E-state index contributed by atoms with van der Waals surface area (Å²) in [6.45, 7) is 0.629. The lowest BCUT2D eigenvalue weighted by Crippen LogP contribution is -2.49. The van der Waals surface area contributed by atoms with Crippen LogP contribution in [-0.2, 0) is 19.9 Å². The Morgan fingerprint density at radius 2 is 1.92 bits per heavy atom. The van der Waals surface area contributed by atoms with E-state index in [9.17, 15) is 14.7 Å². The molecule has 1 aromatic carbocycles. The van der Waals surface area contributed by atoms with Crippen LogP contribution in [0.25, 0.3) is 0 Å². The molecule has 0 aliphatic carbocycles. The summed E-state index contributed by atoms with van der Waals surface area (Å²) in [5.74, 6) is 0.154. The van der Waals surface area contributed by atoms with Gasteiger partial charge >= 0.3 is 5.97 Å². The Hall–Kier alpha value is -2.28. The number of methoxy groups -OCH3 is 3. The molecule has 0 radical (unpaired) electrons. The van der Waals surface area contributed by atoms with E-state index < -0.39 is 11.6 Å². The summed E-state index contributed by atoms with van der Waals surface area (Å²) in [5, 5.41) is 11.0. The van der Waals surface area contributed by atoms with Gasteiger partial charge in [-0.1, -0.05) is 6.07 Å². The molecule has 1 amide bonds. The van der Waals surface area contributed by atoms with Gasteiger partial charge in [-0.2, -0.15) is 0 Å². The Morgan fingerprint density at radius 3 is 2.54 bits per heavy atom. The van der Waals surface area contributed by atoms with Crippen molar-refractivity contribution in [1.29, 1.82) is 0 Å². The molecule has 2 rings (SSSR count). The summed E-state index contributed by atoms with van der Waals surface area (Å²) in [7, 11) is 4.31. The summed E-state index contributed by atoms with van der Waals surface area (Å²) < 4.78 is 15.0. The quantitative estimate of drug-likeness (QED) is 0.639. The van der Waals surface area contributed by atoms with Gasteiger partial charge in [0.15, 0.2) is 11.5 Å². The minimum Gasteiger partial charge on any atom is -0.493 e. The second-order valence-corrected chi connectivity index (χ2v) is 5.77. The van der Waals surface area contributed by atoms with Crippen LogP contribution in [0.5, 0.6) is 11.5 Å². The standard InChI is InChI=1S/C17H23NO6/c1-22-13-6-5-12(9-14(13)23-2)17(21)7-4-8-18(11-17)15(19)10-16(20)24-3/h5-6,9,21H,4,7-8,10-11H2,1-3H3. The number of likely N-dealkylation sites (tertiary alicyclic amines) is 1. The van der Waals surface area contributed by atoms with E-state index in [1.54, 1.807) is 25.3 Å². The van der Waals surface area contributed by atoms with E-state index in [2.05, 4.69) is 4.74 Å². The van der Waals surface area contributed by atoms with Crippen molar-refractivity contribution in [2.45, 2.75) is 24.9 Å². The van der Waals surface area contributed by atoms with E-state index in [-0.39, 0.29) is 18.9 Å². The lowest BCUT2D eigenvalue weighted by molar-refractivity contribution is -0.150. The largest absolute Gasteiger partial charge is 0.493 e. The lowest BCUT2D eigenvalue weighted by atomic mass is 9.85. The number of ether oxygens (including phenoxy) is 3. The average molecular weight is 337 g/mol. The molecular weight excluding hydrogens is 314 g/mol. The second kappa shape index (κ2) is 7.53. The van der Waals surface area contributed by atoms with Crippen molar-refractivity contribution in [3.8, 4) is 11.5 Å². The van der Waals surface area contributed by atoms with Crippen molar-refractivity contribution >= 4 is 11.9 Å². The van der Waals surface area contributed by atoms with E-state index >= 15 is 0 Å². The van der Waals surface area contributed by atoms with Gasteiger partial charge in [-0.05, 0) is 30.5 Å². The monoisotopic (exact) mass is 337 g/mol. The van der Waals surface area contributed by atoms with Gasteiger partial charge in [0.25, 0.3) is 0 Å². The van der Waals surface area contributed by atoms with Crippen LogP contribution in [0.3, 0.4) is 0 Å². The van der Waals surface area contributed by atoms with E-state index in [0.29, 0.717) is 36.4 Å². The third kappa shape index (κ3) is 3.79. The fourth-order valence-electron chi connectivity index (χ4n) is 2.92. The molecule has 1 aliphatic heterocycles. The number of carbonyl (C=O) groups is 2. The van der Waals surface area contributed by atoms with Crippen molar-refractivity contribution in [1.82, 2.24) is 4.90 Å². The molecule has 0 aromatic heterocycles. The van der Waals surface area contributed by atoms with Gasteiger partial charge in [0.05, 0.1) is 27.9 Å². The van der Waals surface area contributed by atoms with Crippen molar-refractivity contribution in [3.63, 3.8) is 0 Å². The van der Waals surface area contributed by atoms with Crippen LogP contribution in [0.4, 0.5) is 0 Å². The molecule has 24 heavy (non-hydrogen) atoms. The van der Waals surface area contributed by atoms with Crippen LogP contribution in [-0.4, -0.2) is 56.3 Å². The predicted molar refractivity (Wildman–Crippen MR) is 85.9 cm³/mol. The molecular formula is C17H23NO6. The molecule has 1 heterocycles. The van der Waals surface area contributed by atoms with Gasteiger partial charge in [0.2, 0.25) is 5.91 Å². The maximum atomic E-state index is 12.2. The molecule has 1 aliphatic rings. The first-order chi connectivity index (χ1) is 11.4. The van der Waals surface area contributed by atoms with Crippen LogP contribution < -0.4 is 9.47 Å². The Labute approximate surface area is 141 Å². The molecule has 0 saturated carbocycles. The fourth-order valence-corrected chi connectivity index (χ4v) is 2.92. The topological polar surface area (TPSA) is 85.3 Å². The molecule has 0 bridgehead atoms. The smallest absolute Gasteiger partial charge is 0.315 e. The zero-order valence-corrected chi connectivity index (χ0v) is 14.2. The van der Waals surface area contributed by atoms with Crippen LogP contribution in [0, 0.1) is 0 Å². The third-order valence-corrected chi connectivity index (χ3v) is 4.27. The number of benzene rings is 1. The molecule has 7 nitrogen and oxygen atoms in total. The molecule has 1 N–H and O–H groups in total. The highest BCUT2D eigenvalue weighted by Crippen LogP contribution is 2.36. The van der Waals surface area contributed by atoms with E-state index in [0.717, 1.165) is 0 Å². The van der Waals surface area contributed by atoms with Crippen LogP contribution in [0.1, 0.15) is 24.8 Å². The van der Waals surface area contributed by atoms with Gasteiger partial charge in [-0.15, -0.1) is 0 Å². The minimum absolute atomic E-state index is 0.123. The van der Waals surface area contributed by atoms with Crippen LogP contribution >= 0.6 is 0 Å². The normalized spacial score (nSPS) is 20.4. The number of nitrogens with zero attached hydrogens (tertiary/aromatic N) is 1. The van der Waals surface area contributed by atoms with Gasteiger partial charge in [-0.3, -0.25) is 9.59 Å². The van der Waals surface area contributed by atoms with E-state index in [1.165, 1.54) is 19.1 Å². The average Bonchev–Trinajstić information content (AvgIpc) is 2.60. The number of hydrogen-bond donors (Lipinski definition) is 1. The Bertz CT molecular complexity index is 617. The molecule has 1 saturated heterocycles. The molecule has 0 spiro atoms. The minimum atomic E-state index is -1.19. The molecule has 1 aromatic rings. The SMILES string of the molecule is COC(=O)CC(=O)N1CCCC(O)(c2ccc(OC)c(OC)c2)C1. The summed E-state index contributed by atoms with van der Waals surface area (Å²) in [5.41, 5.74) is -0.542. The van der Waals surface area contributed by atoms with Crippen molar-refractivity contribution in [3.05, 3.63) is 23.8 Å². The van der Waals surface area contributed by atoms with Crippen molar-refractivity contribution < 1.29 is 28.9 Å². The predicted octanol–water partition coefficient (Wildman–Crippen LogP) is 1.08. The fraction of sp³-hybridized carbons (Fsp3) is 0.529. The molecule has 1 fully saturated rings. The number of amides is 1. The Balaban J connectivity index is 2.20. The zero-order valence-electron chi connectivity index (χ0n) is 14.2. The first kappa shape index (κ1) is 18.1. The van der Waals surface area contributed by atoms with E-state index in [4.69, 9.17) is 9.47 Å². The highest BCUT2D eigenvalue weighted by molar-refractivity contribution is 5.94. The summed E-state index contributed by atoms with van der Waals surface area (Å²) in [6.07, 6.45) is 0.834.